The molecule has 1 N–H and O–H groups in total. The zero-order chi connectivity index (χ0) is 15.2. The van der Waals surface area contributed by atoms with Gasteiger partial charge in [0.2, 0.25) is 0 Å². The van der Waals surface area contributed by atoms with Crippen molar-refractivity contribution in [2.45, 2.75) is 58.5 Å². The summed E-state index contributed by atoms with van der Waals surface area (Å²) >= 11 is 0. The number of hydrogen-bond donors (Lipinski definition) is 1. The Hall–Kier alpha value is -1.35. The molecule has 0 radical (unpaired) electrons. The molecule has 2 rings (SSSR count). The van der Waals surface area contributed by atoms with Crippen LogP contribution in [0.25, 0.3) is 0 Å². The third-order valence-electron chi connectivity index (χ3n) is 4.61. The highest BCUT2D eigenvalue weighted by molar-refractivity contribution is 5.94. The van der Waals surface area contributed by atoms with Gasteiger partial charge >= 0.3 is 0 Å². The molecule has 1 heterocycles. The Balaban J connectivity index is 2.19. The van der Waals surface area contributed by atoms with Crippen molar-refractivity contribution >= 4 is 5.91 Å². The second kappa shape index (κ2) is 7.60. The highest BCUT2D eigenvalue weighted by Gasteiger charge is 2.29. The van der Waals surface area contributed by atoms with E-state index in [2.05, 4.69) is 43.1 Å². The summed E-state index contributed by atoms with van der Waals surface area (Å²) in [5, 5.41) is 3.38. The number of rotatable bonds is 5. The molecule has 1 amide bonds. The molecular weight excluding hydrogens is 260 g/mol. The molecule has 3 nitrogen and oxygen atoms in total. The number of hydrogen-bond acceptors (Lipinski definition) is 2. The maximum absolute atomic E-state index is 12.9. The van der Waals surface area contributed by atoms with Crippen molar-refractivity contribution in [3.8, 4) is 0 Å². The topological polar surface area (TPSA) is 32.3 Å². The van der Waals surface area contributed by atoms with Gasteiger partial charge in [-0.25, -0.2) is 0 Å². The monoisotopic (exact) mass is 288 g/mol. The van der Waals surface area contributed by atoms with Gasteiger partial charge in [0.15, 0.2) is 0 Å². The number of carbonyl (C=O) groups is 1. The lowest BCUT2D eigenvalue weighted by atomic mass is 10.00. The predicted octanol–water partition coefficient (Wildman–Crippen LogP) is 3.24. The van der Waals surface area contributed by atoms with Gasteiger partial charge in [-0.2, -0.15) is 0 Å². The predicted molar refractivity (Wildman–Crippen MR) is 87.6 cm³/mol. The average Bonchev–Trinajstić information content (AvgIpc) is 2.55. The second-order valence-electron chi connectivity index (χ2n) is 6.00. The lowest BCUT2D eigenvalue weighted by molar-refractivity contribution is 0.0539. The maximum Gasteiger partial charge on any atom is 0.254 e. The van der Waals surface area contributed by atoms with Crippen molar-refractivity contribution in [3.63, 3.8) is 0 Å². The van der Waals surface area contributed by atoms with Crippen LogP contribution in [0.1, 0.15) is 56.0 Å². The number of nitrogens with zero attached hydrogens (tertiary/aromatic N) is 1. The third-order valence-corrected chi connectivity index (χ3v) is 4.61. The van der Waals surface area contributed by atoms with Gasteiger partial charge in [-0.05, 0) is 63.4 Å². The molecule has 0 bridgehead atoms. The molecule has 3 heteroatoms. The zero-order valence-corrected chi connectivity index (χ0v) is 13.6. The number of piperidine rings is 1. The lowest BCUT2D eigenvalue weighted by Crippen LogP contribution is -2.50. The molecule has 1 aromatic rings. The van der Waals surface area contributed by atoms with E-state index in [1.165, 1.54) is 5.56 Å². The Kier molecular flexibility index (Phi) is 5.80. The van der Waals surface area contributed by atoms with Gasteiger partial charge in [-0.1, -0.05) is 26.0 Å². The minimum Gasteiger partial charge on any atom is -0.333 e. The lowest BCUT2D eigenvalue weighted by Gasteiger charge is -2.38. The van der Waals surface area contributed by atoms with Crippen molar-refractivity contribution in [2.24, 2.45) is 0 Å². The van der Waals surface area contributed by atoms with Crippen LogP contribution >= 0.6 is 0 Å². The molecule has 1 aliphatic rings. The first-order valence-electron chi connectivity index (χ1n) is 8.29. The fourth-order valence-corrected chi connectivity index (χ4v) is 3.04. The molecule has 0 spiro atoms. The number of nitrogens with one attached hydrogen (secondary N) is 1. The minimum absolute atomic E-state index is 0.193. The molecule has 0 saturated carbocycles. The van der Waals surface area contributed by atoms with Crippen LogP contribution in [-0.4, -0.2) is 36.0 Å². The van der Waals surface area contributed by atoms with Crippen LogP contribution in [0.4, 0.5) is 0 Å². The number of aryl methyl sites for hydroxylation is 1. The highest BCUT2D eigenvalue weighted by atomic mass is 16.2. The first kappa shape index (κ1) is 16.0. The molecular formula is C18H28N2O. The van der Waals surface area contributed by atoms with Crippen molar-refractivity contribution < 1.29 is 4.79 Å². The van der Waals surface area contributed by atoms with Crippen LogP contribution in [0.5, 0.6) is 0 Å². The smallest absolute Gasteiger partial charge is 0.254 e. The van der Waals surface area contributed by atoms with Gasteiger partial charge in [-0.3, -0.25) is 4.79 Å². The van der Waals surface area contributed by atoms with Crippen LogP contribution in [0.2, 0.25) is 0 Å². The van der Waals surface area contributed by atoms with E-state index in [0.717, 1.165) is 44.3 Å². The Morgan fingerprint density at radius 1 is 1.24 bits per heavy atom. The summed E-state index contributed by atoms with van der Waals surface area (Å²) in [5.74, 6) is 0.193. The van der Waals surface area contributed by atoms with Crippen LogP contribution in [-0.2, 0) is 6.42 Å². The van der Waals surface area contributed by atoms with E-state index in [1.54, 1.807) is 0 Å². The molecule has 21 heavy (non-hydrogen) atoms. The van der Waals surface area contributed by atoms with Gasteiger partial charge in [-0.15, -0.1) is 0 Å². The van der Waals surface area contributed by atoms with Crippen molar-refractivity contribution in [1.29, 1.82) is 0 Å². The maximum atomic E-state index is 12.9. The fraction of sp³-hybridized carbons (Fsp3) is 0.611. The van der Waals surface area contributed by atoms with Crippen molar-refractivity contribution in [3.05, 3.63) is 35.4 Å². The van der Waals surface area contributed by atoms with E-state index in [0.29, 0.717) is 12.1 Å². The van der Waals surface area contributed by atoms with Crippen LogP contribution in [0.15, 0.2) is 24.3 Å². The SMILES string of the molecule is CCc1ccc(C(=O)N(C(C)CC)C2CCNCC2)cc1. The molecule has 1 atom stereocenters. The summed E-state index contributed by atoms with van der Waals surface area (Å²) in [6, 6.07) is 8.79. The van der Waals surface area contributed by atoms with E-state index < -0.39 is 0 Å². The van der Waals surface area contributed by atoms with E-state index in [4.69, 9.17) is 0 Å². The van der Waals surface area contributed by atoms with E-state index >= 15 is 0 Å². The standard InChI is InChI=1S/C18H28N2O/c1-4-14(3)20(17-10-12-19-13-11-17)18(21)16-8-6-15(5-2)7-9-16/h6-9,14,17,19H,4-5,10-13H2,1-3H3. The van der Waals surface area contributed by atoms with Gasteiger partial charge in [0.1, 0.15) is 0 Å². The third kappa shape index (κ3) is 3.85. The second-order valence-corrected chi connectivity index (χ2v) is 6.00. The first-order valence-corrected chi connectivity index (χ1v) is 8.29. The van der Waals surface area contributed by atoms with Crippen LogP contribution in [0, 0.1) is 0 Å². The molecule has 116 valence electrons. The Morgan fingerprint density at radius 2 is 1.86 bits per heavy atom. The molecule has 1 aromatic carbocycles. The molecule has 1 unspecified atom stereocenters. The van der Waals surface area contributed by atoms with Crippen molar-refractivity contribution in [1.82, 2.24) is 10.2 Å². The Labute approximate surface area is 128 Å². The highest BCUT2D eigenvalue weighted by Crippen LogP contribution is 2.20. The van der Waals surface area contributed by atoms with Gasteiger partial charge in [0, 0.05) is 17.6 Å². The molecule has 1 saturated heterocycles. The quantitative estimate of drug-likeness (QED) is 0.902. The van der Waals surface area contributed by atoms with Gasteiger partial charge in [0.25, 0.3) is 5.91 Å². The van der Waals surface area contributed by atoms with Gasteiger partial charge < -0.3 is 10.2 Å². The zero-order valence-electron chi connectivity index (χ0n) is 13.6. The van der Waals surface area contributed by atoms with E-state index in [1.807, 2.05) is 12.1 Å². The fourth-order valence-electron chi connectivity index (χ4n) is 3.04. The van der Waals surface area contributed by atoms with Gasteiger partial charge in [0.05, 0.1) is 0 Å². The molecule has 1 aliphatic heterocycles. The summed E-state index contributed by atoms with van der Waals surface area (Å²) in [6.45, 7) is 8.49. The Bertz CT molecular complexity index is 449. The average molecular weight is 288 g/mol. The van der Waals surface area contributed by atoms with Crippen LogP contribution < -0.4 is 5.32 Å². The summed E-state index contributed by atoms with van der Waals surface area (Å²) in [4.78, 5) is 15.1. The number of amides is 1. The molecule has 0 aliphatic carbocycles. The summed E-state index contributed by atoms with van der Waals surface area (Å²) < 4.78 is 0. The summed E-state index contributed by atoms with van der Waals surface area (Å²) in [6.07, 6.45) is 4.13. The van der Waals surface area contributed by atoms with E-state index in [9.17, 15) is 4.79 Å². The largest absolute Gasteiger partial charge is 0.333 e. The molecule has 1 fully saturated rings. The first-order chi connectivity index (χ1) is 10.2. The normalized spacial score (nSPS) is 17.5. The van der Waals surface area contributed by atoms with Crippen molar-refractivity contribution in [2.75, 3.05) is 13.1 Å². The minimum atomic E-state index is 0.193. The number of carbonyl (C=O) groups excluding carboxylic acids is 1. The summed E-state index contributed by atoms with van der Waals surface area (Å²) in [5.41, 5.74) is 2.11. The molecule has 0 aromatic heterocycles. The Morgan fingerprint density at radius 3 is 2.38 bits per heavy atom. The van der Waals surface area contributed by atoms with Crippen LogP contribution in [0.3, 0.4) is 0 Å². The van der Waals surface area contributed by atoms with E-state index in [-0.39, 0.29) is 5.91 Å². The number of benzene rings is 1. The summed E-state index contributed by atoms with van der Waals surface area (Å²) in [7, 11) is 0.